The molecule has 2 heterocycles. The number of thiophene rings is 1. The Hall–Kier alpha value is -3.99. The van der Waals surface area contributed by atoms with Gasteiger partial charge in [0.2, 0.25) is 5.95 Å². The van der Waals surface area contributed by atoms with Gasteiger partial charge in [-0.05, 0) is 55.8 Å². The van der Waals surface area contributed by atoms with Crippen LogP contribution in [0.4, 0.5) is 5.95 Å². The number of nitrogens with zero attached hydrogens (tertiary/aromatic N) is 2. The van der Waals surface area contributed by atoms with Gasteiger partial charge in [-0.1, -0.05) is 12.1 Å². The first-order chi connectivity index (χ1) is 17.3. The van der Waals surface area contributed by atoms with E-state index in [1.165, 1.54) is 18.4 Å². The number of carbonyl (C=O) groups excluding carboxylic acids is 3. The number of methoxy groups -OCH3 is 1. The minimum Gasteiger partial charge on any atom is -0.508 e. The van der Waals surface area contributed by atoms with Gasteiger partial charge in [-0.3, -0.25) is 9.59 Å². The van der Waals surface area contributed by atoms with Crippen LogP contribution in [0.3, 0.4) is 0 Å². The number of aromatic nitrogens is 2. The molecule has 0 aliphatic carbocycles. The molecule has 0 unspecified atom stereocenters. The number of benzene rings is 1. The smallest absolute Gasteiger partial charge is 0.330 e. The van der Waals surface area contributed by atoms with Gasteiger partial charge >= 0.3 is 5.97 Å². The Morgan fingerprint density at radius 3 is 2.50 bits per heavy atom. The number of phenols is 1. The van der Waals surface area contributed by atoms with E-state index in [1.54, 1.807) is 48.9 Å². The number of phenolic OH excluding ortho intramolecular Hbond substituents is 1. The van der Waals surface area contributed by atoms with Crippen LogP contribution in [0.25, 0.3) is 0 Å². The summed E-state index contributed by atoms with van der Waals surface area (Å²) in [5.74, 6) is -0.946. The van der Waals surface area contributed by atoms with Gasteiger partial charge in [0, 0.05) is 24.0 Å². The Kier molecular flexibility index (Phi) is 9.34. The van der Waals surface area contributed by atoms with Crippen LogP contribution in [0.1, 0.15) is 44.1 Å². The van der Waals surface area contributed by atoms with Crippen molar-refractivity contribution in [3.63, 3.8) is 0 Å². The van der Waals surface area contributed by atoms with Crippen molar-refractivity contribution in [3.8, 4) is 5.75 Å². The fraction of sp³-hybridized carbons (Fsp3) is 0.320. The number of aromatic hydroxyl groups is 1. The average Bonchev–Trinajstić information content (AvgIpc) is 3.38. The number of nitrogens with one attached hydrogen (secondary N) is 3. The standard InChI is InChI=1S/C25H29N5O5S/c1-15-21(16(2)29-25(28-15)26-10-5-7-17-6-4-8-19(31)12-17)23(33)30-20(24(34)35-3)13-27-22(32)18-9-11-36-14-18/h4,6,8-9,11-12,14,20,31H,5,7,10,13H2,1-3H3,(H,27,32)(H,30,33)(H,26,28,29)/t20-/m0/s1. The van der Waals surface area contributed by atoms with Gasteiger partial charge in [-0.2, -0.15) is 11.3 Å². The molecule has 3 rings (SSSR count). The lowest BCUT2D eigenvalue weighted by Crippen LogP contribution is -2.49. The number of amides is 2. The second kappa shape index (κ2) is 12.6. The molecule has 11 heteroatoms. The third-order valence-electron chi connectivity index (χ3n) is 5.37. The number of ether oxygens (including phenoxy) is 1. The number of hydrogen-bond donors (Lipinski definition) is 4. The predicted molar refractivity (Wildman–Crippen MR) is 136 cm³/mol. The highest BCUT2D eigenvalue weighted by atomic mass is 32.1. The summed E-state index contributed by atoms with van der Waals surface area (Å²) in [6.45, 7) is 3.85. The molecule has 0 aliphatic heterocycles. The molecule has 36 heavy (non-hydrogen) atoms. The monoisotopic (exact) mass is 511 g/mol. The van der Waals surface area contributed by atoms with E-state index >= 15 is 0 Å². The van der Waals surface area contributed by atoms with Crippen molar-refractivity contribution in [3.05, 3.63) is 69.2 Å². The highest BCUT2D eigenvalue weighted by molar-refractivity contribution is 7.08. The fourth-order valence-electron chi connectivity index (χ4n) is 3.59. The van der Waals surface area contributed by atoms with Gasteiger partial charge in [0.15, 0.2) is 0 Å². The zero-order valence-corrected chi connectivity index (χ0v) is 21.1. The molecule has 190 valence electrons. The summed E-state index contributed by atoms with van der Waals surface area (Å²) in [4.78, 5) is 46.2. The molecule has 0 spiro atoms. The predicted octanol–water partition coefficient (Wildman–Crippen LogP) is 2.61. The molecule has 2 aromatic heterocycles. The van der Waals surface area contributed by atoms with Crippen LogP contribution < -0.4 is 16.0 Å². The van der Waals surface area contributed by atoms with Crippen LogP contribution in [0.5, 0.6) is 5.75 Å². The molecule has 0 radical (unpaired) electrons. The van der Waals surface area contributed by atoms with Crippen LogP contribution in [0.15, 0.2) is 41.1 Å². The summed E-state index contributed by atoms with van der Waals surface area (Å²) < 4.78 is 4.79. The quantitative estimate of drug-likeness (QED) is 0.227. The van der Waals surface area contributed by atoms with Gasteiger partial charge in [-0.15, -0.1) is 0 Å². The van der Waals surface area contributed by atoms with Crippen molar-refractivity contribution in [2.45, 2.75) is 32.7 Å². The van der Waals surface area contributed by atoms with Crippen molar-refractivity contribution < 1.29 is 24.2 Å². The van der Waals surface area contributed by atoms with Gasteiger partial charge in [0.05, 0.1) is 24.1 Å². The molecule has 2 amide bonds. The third kappa shape index (κ3) is 7.25. The van der Waals surface area contributed by atoms with E-state index in [-0.39, 0.29) is 23.8 Å². The van der Waals surface area contributed by atoms with E-state index in [9.17, 15) is 19.5 Å². The molecular formula is C25H29N5O5S. The Bertz CT molecular complexity index is 1190. The maximum absolute atomic E-state index is 13.0. The van der Waals surface area contributed by atoms with Crippen LogP contribution >= 0.6 is 11.3 Å². The van der Waals surface area contributed by atoms with Crippen molar-refractivity contribution in [1.29, 1.82) is 0 Å². The summed E-state index contributed by atoms with van der Waals surface area (Å²) in [6.07, 6.45) is 1.57. The number of esters is 1. The van der Waals surface area contributed by atoms with Gasteiger partial charge in [0.1, 0.15) is 11.8 Å². The molecule has 0 saturated carbocycles. The molecular weight excluding hydrogens is 482 g/mol. The Balaban J connectivity index is 1.59. The largest absolute Gasteiger partial charge is 0.508 e. The highest BCUT2D eigenvalue weighted by Gasteiger charge is 2.25. The van der Waals surface area contributed by atoms with E-state index in [2.05, 4.69) is 25.9 Å². The summed E-state index contributed by atoms with van der Waals surface area (Å²) in [6, 6.07) is 7.70. The SMILES string of the molecule is COC(=O)[C@H](CNC(=O)c1ccsc1)NC(=O)c1c(C)nc(NCCCc2cccc(O)c2)nc1C. The lowest BCUT2D eigenvalue weighted by Gasteiger charge is -2.18. The number of rotatable bonds is 11. The second-order valence-electron chi connectivity index (χ2n) is 8.06. The Morgan fingerprint density at radius 1 is 1.11 bits per heavy atom. The zero-order chi connectivity index (χ0) is 26.1. The minimum absolute atomic E-state index is 0.134. The van der Waals surface area contributed by atoms with Crippen LogP contribution in [0.2, 0.25) is 0 Å². The molecule has 0 bridgehead atoms. The maximum atomic E-state index is 13.0. The Labute approximate surface area is 213 Å². The summed E-state index contributed by atoms with van der Waals surface area (Å²) >= 11 is 1.38. The van der Waals surface area contributed by atoms with E-state index in [4.69, 9.17) is 4.74 Å². The van der Waals surface area contributed by atoms with Crippen molar-refractivity contribution in [2.75, 3.05) is 25.5 Å². The van der Waals surface area contributed by atoms with E-state index in [0.29, 0.717) is 29.4 Å². The molecule has 0 saturated heterocycles. The van der Waals surface area contributed by atoms with Crippen molar-refractivity contribution in [1.82, 2.24) is 20.6 Å². The van der Waals surface area contributed by atoms with Gasteiger partial charge < -0.3 is 25.8 Å². The molecule has 10 nitrogen and oxygen atoms in total. The third-order valence-corrected chi connectivity index (χ3v) is 6.06. The average molecular weight is 512 g/mol. The summed E-state index contributed by atoms with van der Waals surface area (Å²) in [7, 11) is 1.21. The second-order valence-corrected chi connectivity index (χ2v) is 8.84. The number of anilines is 1. The molecule has 1 atom stereocenters. The van der Waals surface area contributed by atoms with Crippen LogP contribution in [-0.2, 0) is 16.0 Å². The highest BCUT2D eigenvalue weighted by Crippen LogP contribution is 2.15. The van der Waals surface area contributed by atoms with Crippen LogP contribution in [-0.4, -0.2) is 59.1 Å². The van der Waals surface area contributed by atoms with Crippen molar-refractivity contribution in [2.24, 2.45) is 0 Å². The Morgan fingerprint density at radius 2 is 1.86 bits per heavy atom. The first-order valence-electron chi connectivity index (χ1n) is 11.3. The van der Waals surface area contributed by atoms with E-state index in [1.807, 2.05) is 6.07 Å². The lowest BCUT2D eigenvalue weighted by atomic mass is 10.1. The van der Waals surface area contributed by atoms with Crippen molar-refractivity contribution >= 4 is 35.1 Å². The summed E-state index contributed by atoms with van der Waals surface area (Å²) in [5.41, 5.74) is 2.64. The lowest BCUT2D eigenvalue weighted by molar-refractivity contribution is -0.142. The molecule has 3 aromatic rings. The van der Waals surface area contributed by atoms with Gasteiger partial charge in [0.25, 0.3) is 11.8 Å². The van der Waals surface area contributed by atoms with E-state index < -0.39 is 17.9 Å². The zero-order valence-electron chi connectivity index (χ0n) is 20.3. The minimum atomic E-state index is -1.08. The first-order valence-corrected chi connectivity index (χ1v) is 12.3. The molecule has 0 fully saturated rings. The first kappa shape index (κ1) is 26.6. The van der Waals surface area contributed by atoms with Crippen LogP contribution in [0, 0.1) is 13.8 Å². The number of aryl methyl sites for hydroxylation is 3. The molecule has 4 N–H and O–H groups in total. The van der Waals surface area contributed by atoms with Gasteiger partial charge in [-0.25, -0.2) is 14.8 Å². The molecule has 0 aliphatic rings. The van der Waals surface area contributed by atoms with E-state index in [0.717, 1.165) is 18.4 Å². The normalized spacial score (nSPS) is 11.4. The summed E-state index contributed by atoms with van der Waals surface area (Å²) in [5, 5.41) is 21.4. The maximum Gasteiger partial charge on any atom is 0.330 e. The fourth-order valence-corrected chi connectivity index (χ4v) is 4.22. The number of hydrogen-bond acceptors (Lipinski definition) is 9. The topological polar surface area (TPSA) is 143 Å². The number of carbonyl (C=O) groups is 3. The molecule has 1 aromatic carbocycles.